The molecule has 0 unspecified atom stereocenters. The third kappa shape index (κ3) is 5.31. The third-order valence-electron chi connectivity index (χ3n) is 5.58. The topological polar surface area (TPSA) is 84.4 Å². The summed E-state index contributed by atoms with van der Waals surface area (Å²) in [5.41, 5.74) is 2.82. The molecule has 2 amide bonds. The van der Waals surface area contributed by atoms with E-state index in [-0.39, 0.29) is 17.7 Å². The minimum absolute atomic E-state index is 0.0988. The first-order valence-electron chi connectivity index (χ1n) is 10.6. The summed E-state index contributed by atoms with van der Waals surface area (Å²) in [7, 11) is 1.62. The van der Waals surface area contributed by atoms with Gasteiger partial charge >= 0.3 is 0 Å². The van der Waals surface area contributed by atoms with Crippen molar-refractivity contribution >= 4 is 28.8 Å². The van der Waals surface area contributed by atoms with Crippen LogP contribution in [0.25, 0.3) is 0 Å². The van der Waals surface area contributed by atoms with E-state index in [1.165, 1.54) is 11.3 Å². The Balaban J connectivity index is 1.36. The maximum absolute atomic E-state index is 12.8. The van der Waals surface area contributed by atoms with E-state index in [0.29, 0.717) is 18.0 Å². The number of ether oxygens (including phenoxy) is 1. The lowest BCUT2D eigenvalue weighted by atomic mass is 9.98. The number of rotatable bonds is 6. The number of hydrogen-bond donors (Lipinski definition) is 1. The molecule has 0 saturated carbocycles. The van der Waals surface area contributed by atoms with Crippen LogP contribution in [0.4, 0.5) is 5.69 Å². The molecule has 1 fully saturated rings. The van der Waals surface area contributed by atoms with Gasteiger partial charge in [0.15, 0.2) is 0 Å². The second-order valence-electron chi connectivity index (χ2n) is 7.97. The molecule has 3 aromatic rings. The lowest BCUT2D eigenvalue weighted by Gasteiger charge is -2.31. The number of amides is 2. The predicted molar refractivity (Wildman–Crippen MR) is 124 cm³/mol. The number of nitrogens with one attached hydrogen (secondary N) is 1. The molecule has 1 saturated heterocycles. The van der Waals surface area contributed by atoms with Gasteiger partial charge in [0.2, 0.25) is 10.9 Å². The number of piperidine rings is 1. The van der Waals surface area contributed by atoms with E-state index in [0.717, 1.165) is 47.0 Å². The van der Waals surface area contributed by atoms with Crippen LogP contribution >= 0.6 is 11.3 Å². The second-order valence-corrected chi connectivity index (χ2v) is 8.98. The first kappa shape index (κ1) is 22.0. The number of hydrogen-bond acceptors (Lipinski definition) is 6. The van der Waals surface area contributed by atoms with Gasteiger partial charge in [-0.2, -0.15) is 0 Å². The van der Waals surface area contributed by atoms with Gasteiger partial charge in [0, 0.05) is 24.7 Å². The highest BCUT2D eigenvalue weighted by molar-refractivity contribution is 7.13. The molecule has 0 spiro atoms. The summed E-state index contributed by atoms with van der Waals surface area (Å²) in [4.78, 5) is 27.3. The quantitative estimate of drug-likeness (QED) is 0.612. The molecule has 1 N–H and O–H groups in total. The van der Waals surface area contributed by atoms with E-state index in [4.69, 9.17) is 4.74 Å². The number of carbonyl (C=O) groups excluding carboxylic acids is 2. The average Bonchev–Trinajstić information content (AvgIpc) is 3.32. The molecule has 0 bridgehead atoms. The van der Waals surface area contributed by atoms with Crippen molar-refractivity contribution in [3.8, 4) is 5.75 Å². The van der Waals surface area contributed by atoms with Crippen LogP contribution in [0.15, 0.2) is 48.5 Å². The van der Waals surface area contributed by atoms with Crippen LogP contribution in [0.1, 0.15) is 44.7 Å². The Kier molecular flexibility index (Phi) is 6.80. The second kappa shape index (κ2) is 9.91. The van der Waals surface area contributed by atoms with Crippen LogP contribution < -0.4 is 10.1 Å². The molecule has 1 atom stereocenters. The van der Waals surface area contributed by atoms with Gasteiger partial charge in [0.05, 0.1) is 13.5 Å². The number of methoxy groups -OCH3 is 1. The van der Waals surface area contributed by atoms with Crippen LogP contribution in [0.3, 0.4) is 0 Å². The molecule has 1 aromatic heterocycles. The summed E-state index contributed by atoms with van der Waals surface area (Å²) in [5.74, 6) is 0.710. The summed E-state index contributed by atoms with van der Waals surface area (Å²) in [6, 6.07) is 15.2. The molecule has 0 radical (unpaired) electrons. The van der Waals surface area contributed by atoms with E-state index >= 15 is 0 Å². The van der Waals surface area contributed by atoms with Crippen LogP contribution in [0, 0.1) is 6.92 Å². The molecule has 1 aliphatic heterocycles. The lowest BCUT2D eigenvalue weighted by molar-refractivity contribution is -0.131. The van der Waals surface area contributed by atoms with Crippen molar-refractivity contribution in [3.05, 3.63) is 69.7 Å². The zero-order valence-electron chi connectivity index (χ0n) is 18.2. The minimum atomic E-state index is -0.263. The number of aryl methyl sites for hydroxylation is 1. The first-order chi connectivity index (χ1) is 15.5. The van der Waals surface area contributed by atoms with Gasteiger partial charge in [0.25, 0.3) is 5.91 Å². The van der Waals surface area contributed by atoms with Gasteiger partial charge in [0.1, 0.15) is 10.8 Å². The molecular weight excluding hydrogens is 424 g/mol. The molecule has 2 heterocycles. The van der Waals surface area contributed by atoms with Gasteiger partial charge < -0.3 is 15.0 Å². The van der Waals surface area contributed by atoms with E-state index in [2.05, 4.69) is 15.5 Å². The van der Waals surface area contributed by atoms with Gasteiger partial charge in [-0.3, -0.25) is 9.59 Å². The normalized spacial score (nSPS) is 15.9. The van der Waals surface area contributed by atoms with Crippen molar-refractivity contribution in [2.24, 2.45) is 0 Å². The largest absolute Gasteiger partial charge is 0.497 e. The zero-order chi connectivity index (χ0) is 22.5. The van der Waals surface area contributed by atoms with Crippen LogP contribution in [0.5, 0.6) is 5.75 Å². The summed E-state index contributed by atoms with van der Waals surface area (Å²) in [6.45, 7) is 3.34. The molecule has 32 heavy (non-hydrogen) atoms. The van der Waals surface area contributed by atoms with Crippen molar-refractivity contribution in [2.75, 3.05) is 25.5 Å². The van der Waals surface area contributed by atoms with Crippen molar-refractivity contribution in [2.45, 2.75) is 32.1 Å². The summed E-state index contributed by atoms with van der Waals surface area (Å²) in [5, 5.41) is 12.4. The summed E-state index contributed by atoms with van der Waals surface area (Å²) < 4.78 is 5.17. The third-order valence-corrected chi connectivity index (χ3v) is 6.67. The van der Waals surface area contributed by atoms with E-state index in [1.807, 2.05) is 60.4 Å². The molecule has 0 aliphatic carbocycles. The zero-order valence-corrected chi connectivity index (χ0v) is 19.0. The number of benzene rings is 2. The molecule has 1 aliphatic rings. The fourth-order valence-electron chi connectivity index (χ4n) is 3.75. The minimum Gasteiger partial charge on any atom is -0.497 e. The Morgan fingerprint density at radius 2 is 1.88 bits per heavy atom. The number of nitrogens with zero attached hydrogens (tertiary/aromatic N) is 3. The lowest BCUT2D eigenvalue weighted by Crippen LogP contribution is -2.39. The average molecular weight is 451 g/mol. The standard InChI is InChI=1S/C24H26N4O3S/c1-16-5-9-19(10-6-16)25-22(30)24-27-26-23(32-24)18-4-3-13-28(15-18)21(29)14-17-7-11-20(31-2)12-8-17/h5-12,18H,3-4,13-15H2,1-2H3,(H,25,30)/t18-/m1/s1. The Morgan fingerprint density at radius 3 is 2.59 bits per heavy atom. The van der Waals surface area contributed by atoms with Crippen molar-refractivity contribution in [3.63, 3.8) is 0 Å². The molecule has 8 heteroatoms. The van der Waals surface area contributed by atoms with Gasteiger partial charge in [-0.25, -0.2) is 0 Å². The highest BCUT2D eigenvalue weighted by atomic mass is 32.1. The Morgan fingerprint density at radius 1 is 1.12 bits per heavy atom. The van der Waals surface area contributed by atoms with Gasteiger partial charge in [-0.1, -0.05) is 41.2 Å². The highest BCUT2D eigenvalue weighted by Crippen LogP contribution is 2.30. The fraction of sp³-hybridized carbons (Fsp3) is 0.333. The maximum atomic E-state index is 12.8. The van der Waals surface area contributed by atoms with Crippen LogP contribution in [-0.4, -0.2) is 47.1 Å². The Hall–Kier alpha value is -3.26. The Labute approximate surface area is 191 Å². The Bertz CT molecular complexity index is 1080. The fourth-order valence-corrected chi connectivity index (χ4v) is 4.61. The number of anilines is 1. The number of carbonyl (C=O) groups is 2. The van der Waals surface area contributed by atoms with E-state index in [1.54, 1.807) is 7.11 Å². The van der Waals surface area contributed by atoms with Crippen molar-refractivity contribution in [1.29, 1.82) is 0 Å². The summed E-state index contributed by atoms with van der Waals surface area (Å²) >= 11 is 1.31. The van der Waals surface area contributed by atoms with Gasteiger partial charge in [-0.15, -0.1) is 10.2 Å². The SMILES string of the molecule is COc1ccc(CC(=O)N2CCC[C@@H](c3nnc(C(=O)Nc4ccc(C)cc4)s3)C2)cc1. The number of aromatic nitrogens is 2. The first-order valence-corrected chi connectivity index (χ1v) is 11.5. The highest BCUT2D eigenvalue weighted by Gasteiger charge is 2.28. The van der Waals surface area contributed by atoms with E-state index in [9.17, 15) is 9.59 Å². The van der Waals surface area contributed by atoms with E-state index < -0.39 is 0 Å². The van der Waals surface area contributed by atoms with Crippen LogP contribution in [0.2, 0.25) is 0 Å². The maximum Gasteiger partial charge on any atom is 0.286 e. The van der Waals surface area contributed by atoms with Crippen molar-refractivity contribution < 1.29 is 14.3 Å². The molecular formula is C24H26N4O3S. The molecule has 4 rings (SSSR count). The molecule has 7 nitrogen and oxygen atoms in total. The predicted octanol–water partition coefficient (Wildman–Crippen LogP) is 4.06. The molecule has 166 valence electrons. The molecule has 2 aromatic carbocycles. The van der Waals surface area contributed by atoms with Crippen molar-refractivity contribution in [1.82, 2.24) is 15.1 Å². The van der Waals surface area contributed by atoms with Crippen LogP contribution in [-0.2, 0) is 11.2 Å². The smallest absolute Gasteiger partial charge is 0.286 e. The number of likely N-dealkylation sites (tertiary alicyclic amines) is 1. The summed E-state index contributed by atoms with van der Waals surface area (Å²) in [6.07, 6.45) is 2.20. The monoisotopic (exact) mass is 450 g/mol. The van der Waals surface area contributed by atoms with Gasteiger partial charge in [-0.05, 0) is 49.6 Å².